The van der Waals surface area contributed by atoms with E-state index < -0.39 is 17.2 Å². The maximum absolute atomic E-state index is 13.4. The molecule has 15 heavy (non-hydrogen) atoms. The summed E-state index contributed by atoms with van der Waals surface area (Å²) in [5.41, 5.74) is 4.99. The van der Waals surface area contributed by atoms with E-state index >= 15 is 0 Å². The van der Waals surface area contributed by atoms with E-state index in [0.29, 0.717) is 6.61 Å². The molecule has 1 aromatic rings. The van der Waals surface area contributed by atoms with Crippen molar-refractivity contribution in [3.63, 3.8) is 0 Å². The summed E-state index contributed by atoms with van der Waals surface area (Å²) < 4.78 is 31.5. The Hall–Kier alpha value is -1.00. The van der Waals surface area contributed by atoms with Gasteiger partial charge in [-0.2, -0.15) is 0 Å². The molecule has 0 aliphatic rings. The van der Waals surface area contributed by atoms with Gasteiger partial charge in [-0.15, -0.1) is 0 Å². The number of hydrogen-bond acceptors (Lipinski definition) is 2. The molecule has 0 aromatic heterocycles. The summed E-state index contributed by atoms with van der Waals surface area (Å²) in [6.45, 7) is 4.08. The van der Waals surface area contributed by atoms with E-state index in [1.165, 1.54) is 12.1 Å². The summed E-state index contributed by atoms with van der Waals surface area (Å²) >= 11 is 0. The third-order valence-electron chi connectivity index (χ3n) is 2.17. The molecule has 0 fully saturated rings. The van der Waals surface area contributed by atoms with Crippen LogP contribution in [0.5, 0.6) is 0 Å². The van der Waals surface area contributed by atoms with Crippen LogP contribution in [0.1, 0.15) is 19.4 Å². The number of nitrogens with two attached hydrogens (primary N) is 1. The quantitative estimate of drug-likeness (QED) is 0.835. The number of ether oxygens (including phenoxy) is 1. The Morgan fingerprint density at radius 1 is 1.40 bits per heavy atom. The molecule has 4 heteroatoms. The SMILES string of the molecule is CCOCC(C)(N)c1cccc(F)c1F. The average Bonchev–Trinajstić information content (AvgIpc) is 2.19. The third-order valence-corrected chi connectivity index (χ3v) is 2.17. The fraction of sp³-hybridized carbons (Fsp3) is 0.455. The Morgan fingerprint density at radius 3 is 2.67 bits per heavy atom. The van der Waals surface area contributed by atoms with Crippen molar-refractivity contribution >= 4 is 0 Å². The van der Waals surface area contributed by atoms with Crippen LogP contribution in [0.2, 0.25) is 0 Å². The molecule has 2 nitrogen and oxygen atoms in total. The summed E-state index contributed by atoms with van der Waals surface area (Å²) in [7, 11) is 0. The Kier molecular flexibility index (Phi) is 3.77. The highest BCUT2D eigenvalue weighted by atomic mass is 19.2. The fourth-order valence-electron chi connectivity index (χ4n) is 1.34. The van der Waals surface area contributed by atoms with E-state index in [0.717, 1.165) is 6.07 Å². The van der Waals surface area contributed by atoms with Crippen LogP contribution in [0.4, 0.5) is 8.78 Å². The van der Waals surface area contributed by atoms with E-state index in [1.54, 1.807) is 6.92 Å². The monoisotopic (exact) mass is 215 g/mol. The van der Waals surface area contributed by atoms with Gasteiger partial charge < -0.3 is 10.5 Å². The maximum atomic E-state index is 13.4. The zero-order chi connectivity index (χ0) is 11.5. The predicted molar refractivity (Wildman–Crippen MR) is 54.4 cm³/mol. The molecule has 1 atom stereocenters. The van der Waals surface area contributed by atoms with Crippen LogP contribution in [-0.4, -0.2) is 13.2 Å². The van der Waals surface area contributed by atoms with Gasteiger partial charge in [0, 0.05) is 12.2 Å². The van der Waals surface area contributed by atoms with Gasteiger partial charge in [0.15, 0.2) is 11.6 Å². The van der Waals surface area contributed by atoms with Crippen molar-refractivity contribution in [3.05, 3.63) is 35.4 Å². The normalized spacial score (nSPS) is 15.0. The molecule has 0 bridgehead atoms. The number of halogens is 2. The lowest BCUT2D eigenvalue weighted by Gasteiger charge is -2.25. The van der Waals surface area contributed by atoms with Crippen molar-refractivity contribution in [2.45, 2.75) is 19.4 Å². The standard InChI is InChI=1S/C11H15F2NO/c1-3-15-7-11(2,14)8-5-4-6-9(12)10(8)13/h4-6H,3,7,14H2,1-2H3. The van der Waals surface area contributed by atoms with Crippen LogP contribution in [0, 0.1) is 11.6 Å². The summed E-state index contributed by atoms with van der Waals surface area (Å²) in [6, 6.07) is 3.97. The summed E-state index contributed by atoms with van der Waals surface area (Å²) in [5.74, 6) is -1.79. The predicted octanol–water partition coefficient (Wildman–Crippen LogP) is 2.18. The minimum atomic E-state index is -1.01. The Bertz CT molecular complexity index is 339. The first-order valence-electron chi connectivity index (χ1n) is 4.80. The van der Waals surface area contributed by atoms with Crippen molar-refractivity contribution in [2.75, 3.05) is 13.2 Å². The van der Waals surface area contributed by atoms with Gasteiger partial charge in [0.05, 0.1) is 12.1 Å². The highest BCUT2D eigenvalue weighted by molar-refractivity contribution is 5.26. The molecule has 0 radical (unpaired) electrons. The molecule has 2 N–H and O–H groups in total. The van der Waals surface area contributed by atoms with E-state index in [-0.39, 0.29) is 12.2 Å². The molecule has 0 heterocycles. The van der Waals surface area contributed by atoms with Gasteiger partial charge in [-0.3, -0.25) is 0 Å². The average molecular weight is 215 g/mol. The maximum Gasteiger partial charge on any atom is 0.163 e. The molecule has 0 saturated heterocycles. The molecule has 84 valence electrons. The van der Waals surface area contributed by atoms with E-state index in [9.17, 15) is 8.78 Å². The molecule has 0 aliphatic carbocycles. The van der Waals surface area contributed by atoms with Gasteiger partial charge in [-0.05, 0) is 19.9 Å². The van der Waals surface area contributed by atoms with Gasteiger partial charge in [-0.25, -0.2) is 8.78 Å². The second-order valence-electron chi connectivity index (χ2n) is 3.66. The second kappa shape index (κ2) is 4.68. The lowest BCUT2D eigenvalue weighted by Crippen LogP contribution is -2.39. The van der Waals surface area contributed by atoms with Crippen LogP contribution >= 0.6 is 0 Å². The molecule has 1 unspecified atom stereocenters. The van der Waals surface area contributed by atoms with Crippen LogP contribution < -0.4 is 5.73 Å². The topological polar surface area (TPSA) is 35.2 Å². The lowest BCUT2D eigenvalue weighted by atomic mass is 9.93. The fourth-order valence-corrected chi connectivity index (χ4v) is 1.34. The zero-order valence-corrected chi connectivity index (χ0v) is 8.89. The Morgan fingerprint density at radius 2 is 2.07 bits per heavy atom. The van der Waals surface area contributed by atoms with Crippen LogP contribution in [0.3, 0.4) is 0 Å². The number of hydrogen-bond donors (Lipinski definition) is 1. The largest absolute Gasteiger partial charge is 0.379 e. The van der Waals surface area contributed by atoms with E-state index in [1.807, 2.05) is 6.92 Å². The van der Waals surface area contributed by atoms with Gasteiger partial charge in [0.2, 0.25) is 0 Å². The third kappa shape index (κ3) is 2.73. The first-order chi connectivity index (χ1) is 6.99. The molecular formula is C11H15F2NO. The zero-order valence-electron chi connectivity index (χ0n) is 8.89. The van der Waals surface area contributed by atoms with Crippen molar-refractivity contribution in [3.8, 4) is 0 Å². The molecular weight excluding hydrogens is 200 g/mol. The first-order valence-corrected chi connectivity index (χ1v) is 4.80. The summed E-state index contributed by atoms with van der Waals surface area (Å²) in [5, 5.41) is 0. The summed E-state index contributed by atoms with van der Waals surface area (Å²) in [6.07, 6.45) is 0. The van der Waals surface area contributed by atoms with E-state index in [4.69, 9.17) is 10.5 Å². The molecule has 1 rings (SSSR count). The Balaban J connectivity index is 2.98. The lowest BCUT2D eigenvalue weighted by molar-refractivity contribution is 0.0990. The highest BCUT2D eigenvalue weighted by Gasteiger charge is 2.26. The highest BCUT2D eigenvalue weighted by Crippen LogP contribution is 2.22. The smallest absolute Gasteiger partial charge is 0.163 e. The minimum absolute atomic E-state index is 0.135. The van der Waals surface area contributed by atoms with Crippen molar-refractivity contribution < 1.29 is 13.5 Å². The summed E-state index contributed by atoms with van der Waals surface area (Å²) in [4.78, 5) is 0. The molecule has 1 aromatic carbocycles. The molecule has 0 amide bonds. The van der Waals surface area contributed by atoms with Gasteiger partial charge in [0.1, 0.15) is 0 Å². The second-order valence-corrected chi connectivity index (χ2v) is 3.66. The number of rotatable bonds is 4. The van der Waals surface area contributed by atoms with E-state index in [2.05, 4.69) is 0 Å². The van der Waals surface area contributed by atoms with Crippen LogP contribution in [-0.2, 0) is 10.3 Å². The molecule has 0 spiro atoms. The van der Waals surface area contributed by atoms with Crippen molar-refractivity contribution in [2.24, 2.45) is 5.73 Å². The van der Waals surface area contributed by atoms with Crippen molar-refractivity contribution in [1.29, 1.82) is 0 Å². The minimum Gasteiger partial charge on any atom is -0.379 e. The van der Waals surface area contributed by atoms with Gasteiger partial charge in [-0.1, -0.05) is 12.1 Å². The van der Waals surface area contributed by atoms with Crippen LogP contribution in [0.25, 0.3) is 0 Å². The van der Waals surface area contributed by atoms with Crippen LogP contribution in [0.15, 0.2) is 18.2 Å². The molecule has 0 saturated carbocycles. The van der Waals surface area contributed by atoms with Gasteiger partial charge in [0.25, 0.3) is 0 Å². The van der Waals surface area contributed by atoms with Crippen molar-refractivity contribution in [1.82, 2.24) is 0 Å². The molecule has 0 aliphatic heterocycles. The number of benzene rings is 1. The first kappa shape index (κ1) is 12.1. The van der Waals surface area contributed by atoms with Gasteiger partial charge >= 0.3 is 0 Å². The Labute approximate surface area is 88.0 Å².